The van der Waals surface area contributed by atoms with Crippen LogP contribution in [-0.4, -0.2) is 34.3 Å². The zero-order valence-electron chi connectivity index (χ0n) is 17.3. The lowest BCUT2D eigenvalue weighted by Gasteiger charge is -2.19. The molecule has 0 saturated heterocycles. The van der Waals surface area contributed by atoms with Gasteiger partial charge in [-0.15, -0.1) is 0 Å². The second kappa shape index (κ2) is 8.43. The summed E-state index contributed by atoms with van der Waals surface area (Å²) in [6.07, 6.45) is 1.30. The Bertz CT molecular complexity index is 1000. The topological polar surface area (TPSA) is 85.9 Å². The van der Waals surface area contributed by atoms with Gasteiger partial charge in [0.1, 0.15) is 0 Å². The van der Waals surface area contributed by atoms with Gasteiger partial charge < -0.3 is 24.8 Å². The number of nitrogens with one attached hydrogen (secondary N) is 2. The third kappa shape index (κ3) is 3.72. The number of ether oxygens (including phenoxy) is 3. The van der Waals surface area contributed by atoms with Crippen molar-refractivity contribution in [2.75, 3.05) is 33.7 Å². The van der Waals surface area contributed by atoms with Gasteiger partial charge >= 0.3 is 0 Å². The molecule has 0 radical (unpaired) electrons. The molecule has 2 aromatic rings. The lowest BCUT2D eigenvalue weighted by Crippen LogP contribution is -2.26. The van der Waals surface area contributed by atoms with E-state index < -0.39 is 0 Å². The maximum Gasteiger partial charge on any atom is 0.217 e. The molecule has 1 aliphatic rings. The van der Waals surface area contributed by atoms with Crippen molar-refractivity contribution in [1.29, 1.82) is 0 Å². The van der Waals surface area contributed by atoms with Gasteiger partial charge in [-0.2, -0.15) is 0 Å². The first-order valence-electron chi connectivity index (χ1n) is 9.40. The quantitative estimate of drug-likeness (QED) is 0.806. The van der Waals surface area contributed by atoms with Gasteiger partial charge in [-0.1, -0.05) is 6.07 Å². The first-order chi connectivity index (χ1) is 13.9. The number of hydrogen-bond acceptors (Lipinski definition) is 6. The average molecular weight is 398 g/mol. The first-order valence-corrected chi connectivity index (χ1v) is 9.40. The highest BCUT2D eigenvalue weighted by Crippen LogP contribution is 2.50. The van der Waals surface area contributed by atoms with Crippen molar-refractivity contribution in [2.24, 2.45) is 0 Å². The molecule has 0 aliphatic heterocycles. The van der Waals surface area contributed by atoms with Gasteiger partial charge in [-0.3, -0.25) is 9.59 Å². The van der Waals surface area contributed by atoms with Crippen LogP contribution in [0.2, 0.25) is 0 Å². The predicted molar refractivity (Wildman–Crippen MR) is 112 cm³/mol. The Labute approximate surface area is 170 Å². The molecular weight excluding hydrogens is 372 g/mol. The number of aryl methyl sites for hydroxylation is 1. The molecule has 2 N–H and O–H groups in total. The van der Waals surface area contributed by atoms with E-state index in [1.165, 1.54) is 6.92 Å². The minimum Gasteiger partial charge on any atom is -0.493 e. The standard InChI is InChI=1S/C22H26N2O5/c1-12(25)24-16-8-6-13-10-19(27-3)21(28-4)22(29-5)20(13)14-7-9-17(23-2)18(26)11-15(14)16/h7,9-11,16H,6,8H2,1-5H3,(H,23,26)(H,24,25)/t16-/m1/s1. The van der Waals surface area contributed by atoms with Gasteiger partial charge in [-0.05, 0) is 47.7 Å². The fraction of sp³-hybridized carbons (Fsp3) is 0.364. The summed E-state index contributed by atoms with van der Waals surface area (Å²) in [5, 5.41) is 5.91. The predicted octanol–water partition coefficient (Wildman–Crippen LogP) is 2.90. The van der Waals surface area contributed by atoms with Crippen LogP contribution in [0.25, 0.3) is 11.1 Å². The van der Waals surface area contributed by atoms with Crippen molar-refractivity contribution in [3.63, 3.8) is 0 Å². The molecule has 0 unspecified atom stereocenters. The number of amides is 1. The van der Waals surface area contributed by atoms with Crippen molar-refractivity contribution in [3.8, 4) is 28.4 Å². The molecule has 1 aliphatic carbocycles. The molecule has 7 nitrogen and oxygen atoms in total. The summed E-state index contributed by atoms with van der Waals surface area (Å²) in [6.45, 7) is 1.48. The molecule has 0 saturated carbocycles. The van der Waals surface area contributed by atoms with E-state index in [0.717, 1.165) is 22.3 Å². The van der Waals surface area contributed by atoms with Crippen molar-refractivity contribution in [2.45, 2.75) is 25.8 Å². The molecule has 29 heavy (non-hydrogen) atoms. The monoisotopic (exact) mass is 398 g/mol. The van der Waals surface area contributed by atoms with Gasteiger partial charge in [0.05, 0.1) is 33.1 Å². The summed E-state index contributed by atoms with van der Waals surface area (Å²) in [7, 11) is 6.42. The molecule has 0 aromatic heterocycles. The second-order valence-electron chi connectivity index (χ2n) is 6.85. The van der Waals surface area contributed by atoms with Gasteiger partial charge in [0, 0.05) is 19.5 Å². The third-order valence-corrected chi connectivity index (χ3v) is 5.19. The van der Waals surface area contributed by atoms with Crippen LogP contribution in [0, 0.1) is 0 Å². The smallest absolute Gasteiger partial charge is 0.217 e. The molecule has 1 amide bonds. The van der Waals surface area contributed by atoms with Crippen LogP contribution < -0.4 is 30.3 Å². The van der Waals surface area contributed by atoms with Gasteiger partial charge in [0.2, 0.25) is 17.1 Å². The average Bonchev–Trinajstić information content (AvgIpc) is 2.95. The Morgan fingerprint density at radius 2 is 1.79 bits per heavy atom. The number of carbonyl (C=O) groups excluding carboxylic acids is 1. The summed E-state index contributed by atoms with van der Waals surface area (Å²) in [6, 6.07) is 6.85. The molecule has 7 heteroatoms. The summed E-state index contributed by atoms with van der Waals surface area (Å²) in [5.74, 6) is 1.45. The minimum atomic E-state index is -0.304. The highest BCUT2D eigenvalue weighted by atomic mass is 16.5. The van der Waals surface area contributed by atoms with E-state index in [0.29, 0.717) is 35.8 Å². The number of anilines is 1. The Kier molecular flexibility index (Phi) is 5.96. The number of rotatable bonds is 5. The maximum atomic E-state index is 12.7. The molecule has 1 atom stereocenters. The van der Waals surface area contributed by atoms with Gasteiger partial charge in [0.25, 0.3) is 0 Å². The second-order valence-corrected chi connectivity index (χ2v) is 6.85. The van der Waals surface area contributed by atoms with Crippen LogP contribution in [-0.2, 0) is 11.2 Å². The van der Waals surface area contributed by atoms with Gasteiger partial charge in [-0.25, -0.2) is 0 Å². The highest BCUT2D eigenvalue weighted by molar-refractivity contribution is 5.83. The zero-order chi connectivity index (χ0) is 21.1. The Morgan fingerprint density at radius 3 is 2.38 bits per heavy atom. The minimum absolute atomic E-state index is 0.146. The summed E-state index contributed by atoms with van der Waals surface area (Å²) >= 11 is 0. The van der Waals surface area contributed by atoms with E-state index in [1.807, 2.05) is 12.1 Å². The fourth-order valence-electron chi connectivity index (χ4n) is 3.91. The van der Waals surface area contributed by atoms with E-state index in [1.54, 1.807) is 40.5 Å². The molecule has 3 rings (SSSR count). The number of hydrogen-bond donors (Lipinski definition) is 2. The largest absolute Gasteiger partial charge is 0.493 e. The Morgan fingerprint density at radius 1 is 1.07 bits per heavy atom. The molecule has 0 spiro atoms. The normalized spacial score (nSPS) is 14.7. The van der Waals surface area contributed by atoms with Crippen LogP contribution in [0.4, 0.5) is 5.69 Å². The van der Waals surface area contributed by atoms with Crippen LogP contribution in [0.15, 0.2) is 29.1 Å². The van der Waals surface area contributed by atoms with E-state index >= 15 is 0 Å². The summed E-state index contributed by atoms with van der Waals surface area (Å²) in [4.78, 5) is 24.6. The van der Waals surface area contributed by atoms with Crippen LogP contribution in [0.3, 0.4) is 0 Å². The van der Waals surface area contributed by atoms with E-state index in [-0.39, 0.29) is 17.4 Å². The lowest BCUT2D eigenvalue weighted by molar-refractivity contribution is -0.119. The van der Waals surface area contributed by atoms with Crippen LogP contribution in [0.5, 0.6) is 17.2 Å². The molecule has 2 aromatic carbocycles. The van der Waals surface area contributed by atoms with Crippen molar-refractivity contribution < 1.29 is 19.0 Å². The number of carbonyl (C=O) groups is 1. The fourth-order valence-corrected chi connectivity index (χ4v) is 3.91. The van der Waals surface area contributed by atoms with Crippen molar-refractivity contribution in [3.05, 3.63) is 45.6 Å². The summed E-state index contributed by atoms with van der Waals surface area (Å²) < 4.78 is 16.8. The van der Waals surface area contributed by atoms with Crippen molar-refractivity contribution in [1.82, 2.24) is 5.32 Å². The van der Waals surface area contributed by atoms with Crippen LogP contribution >= 0.6 is 0 Å². The van der Waals surface area contributed by atoms with Crippen LogP contribution in [0.1, 0.15) is 30.5 Å². The Balaban J connectivity index is 2.41. The third-order valence-electron chi connectivity index (χ3n) is 5.19. The summed E-state index contributed by atoms with van der Waals surface area (Å²) in [5.41, 5.74) is 3.72. The number of methoxy groups -OCH3 is 3. The van der Waals surface area contributed by atoms with E-state index in [2.05, 4.69) is 10.6 Å². The number of fused-ring (bicyclic) bond motifs is 3. The maximum absolute atomic E-state index is 12.7. The molecule has 0 fully saturated rings. The molecule has 0 bridgehead atoms. The van der Waals surface area contributed by atoms with E-state index in [9.17, 15) is 9.59 Å². The zero-order valence-corrected chi connectivity index (χ0v) is 17.3. The number of benzene rings is 1. The van der Waals surface area contributed by atoms with E-state index in [4.69, 9.17) is 14.2 Å². The lowest BCUT2D eigenvalue weighted by atomic mass is 9.95. The Hall–Kier alpha value is -3.22. The first kappa shape index (κ1) is 20.5. The highest BCUT2D eigenvalue weighted by Gasteiger charge is 2.29. The van der Waals surface area contributed by atoms with Gasteiger partial charge in [0.15, 0.2) is 11.5 Å². The molecule has 154 valence electrons. The van der Waals surface area contributed by atoms with Crippen molar-refractivity contribution >= 4 is 11.6 Å². The molecular formula is C22H26N2O5. The SMILES string of the molecule is CNc1ccc2c(cc1=O)[C@H](NC(C)=O)CCc1cc(OC)c(OC)c(OC)c1-2. The molecule has 0 heterocycles.